The summed E-state index contributed by atoms with van der Waals surface area (Å²) in [4.78, 5) is 27.4. The molecule has 5 nitrogen and oxygen atoms in total. The number of carbonyl (C=O) groups excluding carboxylic acids is 2. The van der Waals surface area contributed by atoms with Crippen molar-refractivity contribution in [3.8, 4) is 11.8 Å². The lowest BCUT2D eigenvalue weighted by Gasteiger charge is -2.46. The van der Waals surface area contributed by atoms with Gasteiger partial charge in [0, 0.05) is 5.41 Å². The highest BCUT2D eigenvalue weighted by Gasteiger charge is 2.48. The molecule has 2 aliphatic carbocycles. The van der Waals surface area contributed by atoms with Crippen molar-refractivity contribution in [2.75, 3.05) is 12.4 Å². The van der Waals surface area contributed by atoms with E-state index in [1.54, 1.807) is 6.07 Å². The van der Waals surface area contributed by atoms with Gasteiger partial charge in [-0.1, -0.05) is 18.8 Å². The number of ether oxygens (including phenoxy) is 1. The first-order valence-electron chi connectivity index (χ1n) is 11.8. The Balaban J connectivity index is 1.90. The summed E-state index contributed by atoms with van der Waals surface area (Å²) in [6, 6.07) is 1.80. The minimum absolute atomic E-state index is 0.00377. The van der Waals surface area contributed by atoms with Crippen LogP contribution >= 0.6 is 11.3 Å². The van der Waals surface area contributed by atoms with Crippen molar-refractivity contribution in [1.82, 2.24) is 0 Å². The van der Waals surface area contributed by atoms with E-state index < -0.39 is 11.4 Å². The van der Waals surface area contributed by atoms with Crippen LogP contribution in [0.5, 0.6) is 0 Å². The van der Waals surface area contributed by atoms with Gasteiger partial charge in [-0.25, -0.2) is 4.79 Å². The van der Waals surface area contributed by atoms with Crippen molar-refractivity contribution in [3.63, 3.8) is 0 Å². The van der Waals surface area contributed by atoms with Crippen molar-refractivity contribution in [2.45, 2.75) is 85.2 Å². The van der Waals surface area contributed by atoms with Crippen LogP contribution in [0.15, 0.2) is 6.07 Å². The second-order valence-corrected chi connectivity index (χ2v) is 11.7. The predicted molar refractivity (Wildman–Crippen MR) is 129 cm³/mol. The Morgan fingerprint density at radius 3 is 2.34 bits per heavy atom. The average molecular weight is 460 g/mol. The molecular formula is C26H37NO4S. The van der Waals surface area contributed by atoms with Crippen molar-refractivity contribution < 1.29 is 19.4 Å². The highest BCUT2D eigenvalue weighted by atomic mass is 32.1. The van der Waals surface area contributed by atoms with Crippen LogP contribution in [0.1, 0.15) is 93.6 Å². The second-order valence-electron chi connectivity index (χ2n) is 10.6. The first-order chi connectivity index (χ1) is 15.0. The van der Waals surface area contributed by atoms with E-state index in [0.29, 0.717) is 16.5 Å². The summed E-state index contributed by atoms with van der Waals surface area (Å²) >= 11 is 1.26. The topological polar surface area (TPSA) is 75.6 Å². The normalized spacial score (nSPS) is 28.4. The molecule has 176 valence electrons. The molecule has 6 heteroatoms. The molecule has 2 fully saturated rings. The van der Waals surface area contributed by atoms with Crippen LogP contribution in [0.25, 0.3) is 0 Å². The monoisotopic (exact) mass is 459 g/mol. The minimum atomic E-state index is -0.457. The van der Waals surface area contributed by atoms with Gasteiger partial charge in [-0.2, -0.15) is 0 Å². The molecule has 0 saturated heterocycles. The van der Waals surface area contributed by atoms with Crippen LogP contribution in [0.4, 0.5) is 5.69 Å². The molecule has 3 rings (SSSR count). The lowest BCUT2D eigenvalue weighted by molar-refractivity contribution is -0.133. The number of hydrogen-bond acceptors (Lipinski definition) is 5. The molecule has 0 aromatic carbocycles. The van der Waals surface area contributed by atoms with Gasteiger partial charge in [-0.3, -0.25) is 4.79 Å². The van der Waals surface area contributed by atoms with Gasteiger partial charge in [0.2, 0.25) is 5.91 Å². The molecule has 0 radical (unpaired) electrons. The molecule has 1 aromatic heterocycles. The van der Waals surface area contributed by atoms with Crippen molar-refractivity contribution >= 4 is 28.9 Å². The Morgan fingerprint density at radius 2 is 1.78 bits per heavy atom. The number of rotatable bonds is 4. The average Bonchev–Trinajstić information content (AvgIpc) is 3.15. The smallest absolute Gasteiger partial charge is 0.350 e. The Hall–Kier alpha value is -1.84. The Kier molecular flexibility index (Phi) is 7.73. The molecule has 2 N–H and O–H groups in total. The molecule has 1 heterocycles. The van der Waals surface area contributed by atoms with Crippen molar-refractivity contribution in [2.24, 2.45) is 22.7 Å². The van der Waals surface area contributed by atoms with Crippen LogP contribution in [-0.4, -0.2) is 30.2 Å². The van der Waals surface area contributed by atoms with Crippen LogP contribution in [0.2, 0.25) is 0 Å². The molecule has 0 spiro atoms. The molecule has 1 amide bonds. The highest BCUT2D eigenvalue weighted by Crippen LogP contribution is 2.50. The van der Waals surface area contributed by atoms with Gasteiger partial charge in [0.15, 0.2) is 0 Å². The van der Waals surface area contributed by atoms with Gasteiger partial charge in [-0.15, -0.1) is 11.3 Å². The number of aliphatic hydroxyl groups excluding tert-OH is 1. The predicted octanol–water partition coefficient (Wildman–Crippen LogP) is 5.62. The summed E-state index contributed by atoms with van der Waals surface area (Å²) in [5.41, 5.74) is -0.106. The fraction of sp³-hybridized carbons (Fsp3) is 0.692. The van der Waals surface area contributed by atoms with Gasteiger partial charge in [0.1, 0.15) is 4.88 Å². The fourth-order valence-electron chi connectivity index (χ4n) is 5.01. The summed E-state index contributed by atoms with van der Waals surface area (Å²) < 4.78 is 4.97. The third kappa shape index (κ3) is 5.74. The zero-order chi connectivity index (χ0) is 23.5. The lowest BCUT2D eigenvalue weighted by atomic mass is 9.59. The van der Waals surface area contributed by atoms with E-state index in [4.69, 9.17) is 4.74 Å². The molecule has 32 heavy (non-hydrogen) atoms. The molecule has 0 atom stereocenters. The van der Waals surface area contributed by atoms with Crippen LogP contribution in [0.3, 0.4) is 0 Å². The van der Waals surface area contributed by atoms with E-state index in [0.717, 1.165) is 56.2 Å². The van der Waals surface area contributed by atoms with Gasteiger partial charge >= 0.3 is 5.97 Å². The van der Waals surface area contributed by atoms with Gasteiger partial charge < -0.3 is 15.2 Å². The van der Waals surface area contributed by atoms with Gasteiger partial charge in [0.05, 0.1) is 29.2 Å². The van der Waals surface area contributed by atoms with E-state index in [-0.39, 0.29) is 23.3 Å². The summed E-state index contributed by atoms with van der Waals surface area (Å²) in [5, 5.41) is 13.1. The highest BCUT2D eigenvalue weighted by molar-refractivity contribution is 7.15. The van der Waals surface area contributed by atoms with E-state index in [9.17, 15) is 14.7 Å². The van der Waals surface area contributed by atoms with Crippen molar-refractivity contribution in [1.29, 1.82) is 0 Å². The molecule has 2 saturated carbocycles. The number of nitrogens with one attached hydrogen (secondary N) is 1. The Labute approximate surface area is 196 Å². The van der Waals surface area contributed by atoms with E-state index in [2.05, 4.69) is 24.1 Å². The summed E-state index contributed by atoms with van der Waals surface area (Å²) in [6.45, 7) is 8.35. The van der Waals surface area contributed by atoms with Crippen LogP contribution < -0.4 is 5.32 Å². The quantitative estimate of drug-likeness (QED) is 0.453. The number of methoxy groups -OCH3 is 1. The maximum absolute atomic E-state index is 13.8. The molecule has 0 unspecified atom stereocenters. The minimum Gasteiger partial charge on any atom is -0.465 e. The van der Waals surface area contributed by atoms with Gasteiger partial charge in [0.25, 0.3) is 0 Å². The maximum Gasteiger partial charge on any atom is 0.350 e. The number of hydrogen-bond donors (Lipinski definition) is 2. The maximum atomic E-state index is 13.8. The first-order valence-corrected chi connectivity index (χ1v) is 12.6. The molecule has 1 aromatic rings. The van der Waals surface area contributed by atoms with Crippen LogP contribution in [0, 0.1) is 34.5 Å². The van der Waals surface area contributed by atoms with E-state index in [1.807, 2.05) is 20.8 Å². The fourth-order valence-corrected chi connectivity index (χ4v) is 5.90. The number of amides is 1. The lowest BCUT2D eigenvalue weighted by Crippen LogP contribution is -2.46. The third-order valence-corrected chi connectivity index (χ3v) is 8.04. The number of anilines is 1. The summed E-state index contributed by atoms with van der Waals surface area (Å²) in [7, 11) is 1.35. The van der Waals surface area contributed by atoms with Gasteiger partial charge in [-0.05, 0) is 90.0 Å². The molecule has 0 aliphatic heterocycles. The SMILES string of the molecule is COC(=O)c1sc(C#CC(C)(C)C)cc1NC(=O)C1(C2CCC(O)CC2)CCC(C)CC1. The molecule has 0 bridgehead atoms. The standard InChI is InChI=1S/C26H37NO4S/c1-17-10-14-26(15-11-17,18-6-8-19(28)9-7-18)24(30)27-21-16-20(12-13-25(2,3)4)32-22(21)23(29)31-5/h16-19,28H,6-11,14-15H2,1-5H3,(H,27,30). The second kappa shape index (κ2) is 9.97. The third-order valence-electron chi connectivity index (χ3n) is 7.01. The summed E-state index contributed by atoms with van der Waals surface area (Å²) in [6.07, 6.45) is 6.79. The number of carbonyl (C=O) groups is 2. The molecule has 2 aliphatic rings. The molecular weight excluding hydrogens is 422 g/mol. The Bertz CT molecular complexity index is 885. The Morgan fingerprint density at radius 1 is 1.16 bits per heavy atom. The van der Waals surface area contributed by atoms with E-state index >= 15 is 0 Å². The van der Waals surface area contributed by atoms with E-state index in [1.165, 1.54) is 18.4 Å². The zero-order valence-corrected chi connectivity index (χ0v) is 20.9. The van der Waals surface area contributed by atoms with Crippen molar-refractivity contribution in [3.05, 3.63) is 15.8 Å². The first kappa shape index (κ1) is 24.8. The summed E-state index contributed by atoms with van der Waals surface area (Å²) in [5.74, 6) is 6.77. The van der Waals surface area contributed by atoms with Crippen LogP contribution in [-0.2, 0) is 9.53 Å². The number of aliphatic hydroxyl groups is 1. The largest absolute Gasteiger partial charge is 0.465 e. The number of thiophene rings is 1. The number of esters is 1. The zero-order valence-electron chi connectivity index (χ0n) is 20.0.